The van der Waals surface area contributed by atoms with E-state index in [0.717, 1.165) is 0 Å². The molecule has 1 aliphatic rings. The van der Waals surface area contributed by atoms with Gasteiger partial charge >= 0.3 is 0 Å². The van der Waals surface area contributed by atoms with Gasteiger partial charge in [-0.2, -0.15) is 5.26 Å². The zero-order valence-corrected chi connectivity index (χ0v) is 6.93. The number of nitriles is 1. The summed E-state index contributed by atoms with van der Waals surface area (Å²) in [6.07, 6.45) is -2.40. The van der Waals surface area contributed by atoms with E-state index in [9.17, 15) is 5.11 Å². The van der Waals surface area contributed by atoms with Crippen molar-refractivity contribution in [3.05, 3.63) is 0 Å². The van der Waals surface area contributed by atoms with Gasteiger partial charge in [0.1, 0.15) is 12.0 Å². The molecule has 5 heteroatoms. The van der Waals surface area contributed by atoms with Crippen LogP contribution in [0.3, 0.4) is 0 Å². The Labute approximate surface area is 70.5 Å². The predicted molar refractivity (Wildman–Crippen MR) is 37.8 cm³/mol. The Morgan fingerprint density at radius 2 is 1.92 bits per heavy atom. The van der Waals surface area contributed by atoms with Crippen LogP contribution in [0.25, 0.3) is 0 Å². The topological polar surface area (TPSA) is 71.7 Å². The molecule has 0 unspecified atom stereocenters. The van der Waals surface area contributed by atoms with E-state index in [0.29, 0.717) is 0 Å². The molecule has 1 heterocycles. The molecule has 0 radical (unpaired) electrons. The third kappa shape index (κ3) is 1.42. The predicted octanol–water partition coefficient (Wildman–Crippen LogP) is -0.538. The summed E-state index contributed by atoms with van der Waals surface area (Å²) in [5.74, 6) is -0.681. The lowest BCUT2D eigenvalue weighted by Gasteiger charge is -2.10. The Bertz CT molecular complexity index is 188. The van der Waals surface area contributed by atoms with Gasteiger partial charge in [0.25, 0.3) is 0 Å². The van der Waals surface area contributed by atoms with Crippen LogP contribution in [0.5, 0.6) is 0 Å². The third-order valence-electron chi connectivity index (χ3n) is 1.82. The first-order valence-electron chi connectivity index (χ1n) is 3.53. The molecule has 1 N–H and O–H groups in total. The van der Waals surface area contributed by atoms with E-state index >= 15 is 0 Å². The molecule has 0 aromatic carbocycles. The number of ether oxygens (including phenoxy) is 3. The van der Waals surface area contributed by atoms with Crippen molar-refractivity contribution in [1.29, 1.82) is 5.26 Å². The number of aliphatic hydroxyl groups is 1. The Kier molecular flexibility index (Phi) is 3.00. The van der Waals surface area contributed by atoms with E-state index in [4.69, 9.17) is 19.5 Å². The third-order valence-corrected chi connectivity index (χ3v) is 1.82. The maximum atomic E-state index is 9.40. The van der Waals surface area contributed by atoms with Crippen molar-refractivity contribution in [1.82, 2.24) is 0 Å². The van der Waals surface area contributed by atoms with E-state index < -0.39 is 24.6 Å². The summed E-state index contributed by atoms with van der Waals surface area (Å²) in [4.78, 5) is 0. The van der Waals surface area contributed by atoms with Gasteiger partial charge in [-0.05, 0) is 0 Å². The molecule has 0 aliphatic carbocycles. The van der Waals surface area contributed by atoms with Crippen LogP contribution in [0.1, 0.15) is 0 Å². The first-order chi connectivity index (χ1) is 5.74. The summed E-state index contributed by atoms with van der Waals surface area (Å²) in [5.41, 5.74) is 0. The molecule has 0 bridgehead atoms. The maximum Gasteiger partial charge on any atom is 0.187 e. The van der Waals surface area contributed by atoms with Crippen LogP contribution in [-0.4, -0.2) is 38.0 Å². The molecule has 0 spiro atoms. The first-order valence-corrected chi connectivity index (χ1v) is 3.53. The van der Waals surface area contributed by atoms with Crippen molar-refractivity contribution in [2.24, 2.45) is 5.92 Å². The van der Waals surface area contributed by atoms with E-state index in [2.05, 4.69) is 0 Å². The molecular formula is C7H11NO4. The maximum absolute atomic E-state index is 9.40. The molecule has 1 fully saturated rings. The lowest BCUT2D eigenvalue weighted by atomic mass is 10.1. The molecular weight excluding hydrogens is 162 g/mol. The van der Waals surface area contributed by atoms with E-state index in [1.165, 1.54) is 14.2 Å². The summed E-state index contributed by atoms with van der Waals surface area (Å²) in [7, 11) is 2.82. The van der Waals surface area contributed by atoms with Gasteiger partial charge in [-0.25, -0.2) is 0 Å². The molecule has 0 aromatic heterocycles. The van der Waals surface area contributed by atoms with Crippen molar-refractivity contribution < 1.29 is 19.3 Å². The summed E-state index contributed by atoms with van der Waals surface area (Å²) < 4.78 is 14.7. The zero-order valence-electron chi connectivity index (χ0n) is 6.93. The van der Waals surface area contributed by atoms with Gasteiger partial charge in [-0.1, -0.05) is 0 Å². The van der Waals surface area contributed by atoms with Gasteiger partial charge in [0.05, 0.1) is 6.07 Å². The minimum Gasteiger partial charge on any atom is -0.386 e. The normalized spacial score (nSPS) is 41.2. The highest BCUT2D eigenvalue weighted by atomic mass is 16.8. The first kappa shape index (κ1) is 9.42. The van der Waals surface area contributed by atoms with Crippen LogP contribution in [0, 0.1) is 17.2 Å². The monoisotopic (exact) mass is 173 g/mol. The Morgan fingerprint density at radius 3 is 2.25 bits per heavy atom. The lowest BCUT2D eigenvalue weighted by Crippen LogP contribution is -2.27. The van der Waals surface area contributed by atoms with Gasteiger partial charge in [0.15, 0.2) is 12.6 Å². The number of hydrogen-bond acceptors (Lipinski definition) is 5. The van der Waals surface area contributed by atoms with Crippen LogP contribution in [-0.2, 0) is 14.2 Å². The van der Waals surface area contributed by atoms with Gasteiger partial charge in [-0.3, -0.25) is 0 Å². The number of nitrogens with zero attached hydrogens (tertiary/aromatic N) is 1. The molecule has 4 atom stereocenters. The van der Waals surface area contributed by atoms with Crippen molar-refractivity contribution >= 4 is 0 Å². The second-order valence-corrected chi connectivity index (χ2v) is 2.49. The molecule has 0 saturated carbocycles. The molecule has 1 aliphatic heterocycles. The van der Waals surface area contributed by atoms with Crippen molar-refractivity contribution in [3.8, 4) is 6.07 Å². The minimum atomic E-state index is -0.940. The van der Waals surface area contributed by atoms with E-state index in [-0.39, 0.29) is 0 Å². The summed E-state index contributed by atoms with van der Waals surface area (Å²) in [6.45, 7) is 0. The summed E-state index contributed by atoms with van der Waals surface area (Å²) in [6, 6.07) is 1.90. The van der Waals surface area contributed by atoms with Gasteiger partial charge in [0.2, 0.25) is 0 Å². The second-order valence-electron chi connectivity index (χ2n) is 2.49. The molecule has 68 valence electrons. The van der Waals surface area contributed by atoms with Crippen LogP contribution in [0.4, 0.5) is 0 Å². The smallest absolute Gasteiger partial charge is 0.187 e. The fourth-order valence-corrected chi connectivity index (χ4v) is 1.16. The van der Waals surface area contributed by atoms with Gasteiger partial charge in [0, 0.05) is 14.2 Å². The minimum absolute atomic E-state index is 0.681. The number of methoxy groups -OCH3 is 2. The van der Waals surface area contributed by atoms with Crippen LogP contribution in [0.15, 0.2) is 0 Å². The Balaban J connectivity index is 2.66. The lowest BCUT2D eigenvalue weighted by molar-refractivity contribution is -0.200. The molecule has 1 saturated heterocycles. The highest BCUT2D eigenvalue weighted by molar-refractivity contribution is 4.96. The standard InChI is InChI=1S/C7H11NO4/c1-10-6-4(3-8)5(9)7(11-2)12-6/h4-7,9H,1-2H3/t4-,5-,6-,7+/m0/s1. The van der Waals surface area contributed by atoms with Crippen molar-refractivity contribution in [2.45, 2.75) is 18.7 Å². The fourth-order valence-electron chi connectivity index (χ4n) is 1.16. The number of hydrogen-bond donors (Lipinski definition) is 1. The molecule has 0 amide bonds. The number of rotatable bonds is 2. The molecule has 12 heavy (non-hydrogen) atoms. The average molecular weight is 173 g/mol. The van der Waals surface area contributed by atoms with Gasteiger partial charge < -0.3 is 19.3 Å². The van der Waals surface area contributed by atoms with Crippen molar-refractivity contribution in [3.63, 3.8) is 0 Å². The van der Waals surface area contributed by atoms with Crippen molar-refractivity contribution in [2.75, 3.05) is 14.2 Å². The fraction of sp³-hybridized carbons (Fsp3) is 0.857. The number of aliphatic hydroxyl groups excluding tert-OH is 1. The second kappa shape index (κ2) is 3.83. The SMILES string of the molecule is CO[C@@H]1O[C@H](OC)[C@@H](C#N)[C@@H]1O. The zero-order chi connectivity index (χ0) is 9.14. The van der Waals surface area contributed by atoms with Crippen LogP contribution >= 0.6 is 0 Å². The van der Waals surface area contributed by atoms with Crippen LogP contribution in [0.2, 0.25) is 0 Å². The molecule has 5 nitrogen and oxygen atoms in total. The largest absolute Gasteiger partial charge is 0.386 e. The highest BCUT2D eigenvalue weighted by Gasteiger charge is 2.44. The molecule has 1 rings (SSSR count). The summed E-state index contributed by atoms with van der Waals surface area (Å²) in [5, 5.41) is 18.0. The average Bonchev–Trinajstić information content (AvgIpc) is 2.41. The van der Waals surface area contributed by atoms with Gasteiger partial charge in [-0.15, -0.1) is 0 Å². The Morgan fingerprint density at radius 1 is 1.33 bits per heavy atom. The Hall–Kier alpha value is -0.670. The van der Waals surface area contributed by atoms with Crippen LogP contribution < -0.4 is 0 Å². The van der Waals surface area contributed by atoms with E-state index in [1.54, 1.807) is 0 Å². The molecule has 0 aromatic rings. The quantitative estimate of drug-likeness (QED) is 0.607. The van der Waals surface area contributed by atoms with E-state index in [1.807, 2.05) is 6.07 Å². The summed E-state index contributed by atoms with van der Waals surface area (Å²) >= 11 is 0. The highest BCUT2D eigenvalue weighted by Crippen LogP contribution is 2.27.